The van der Waals surface area contributed by atoms with Crippen LogP contribution >= 0.6 is 0 Å². The van der Waals surface area contributed by atoms with Crippen LogP contribution in [0.3, 0.4) is 0 Å². The van der Waals surface area contributed by atoms with E-state index >= 15 is 0 Å². The first-order chi connectivity index (χ1) is 10.3. The molecule has 4 nitrogen and oxygen atoms in total. The highest BCUT2D eigenvalue weighted by Gasteiger charge is 2.72. The Morgan fingerprint density at radius 1 is 1.19 bits per heavy atom. The molecular weight excluding hydrogens is 262 g/mol. The molecular formula is C17H27N3O. The van der Waals surface area contributed by atoms with E-state index in [1.807, 2.05) is 0 Å². The lowest BCUT2D eigenvalue weighted by Crippen LogP contribution is -2.80. The molecule has 6 rings (SSSR count). The molecule has 4 heterocycles. The quantitative estimate of drug-likeness (QED) is 0.785. The smallest absolute Gasteiger partial charge is 0.0718 e. The summed E-state index contributed by atoms with van der Waals surface area (Å²) in [5.41, 5.74) is 0.836. The molecule has 0 aromatic carbocycles. The fourth-order valence-electron chi connectivity index (χ4n) is 7.32. The summed E-state index contributed by atoms with van der Waals surface area (Å²) in [6.45, 7) is 4.71. The third kappa shape index (κ3) is 1.26. The fourth-order valence-corrected chi connectivity index (χ4v) is 7.32. The van der Waals surface area contributed by atoms with Gasteiger partial charge >= 0.3 is 0 Å². The third-order valence-corrected chi connectivity index (χ3v) is 8.10. The number of piperidine rings is 1. The van der Waals surface area contributed by atoms with Crippen LogP contribution in [0.4, 0.5) is 0 Å². The topological polar surface area (TPSA) is 36.5 Å². The fraction of sp³-hybridized carbons (Fsp3) is 1.00. The highest BCUT2D eigenvalue weighted by molar-refractivity contribution is 5.31. The van der Waals surface area contributed by atoms with Crippen molar-refractivity contribution in [1.29, 1.82) is 0 Å². The second kappa shape index (κ2) is 3.84. The number of rotatable bonds is 2. The molecule has 4 bridgehead atoms. The van der Waals surface area contributed by atoms with Crippen LogP contribution in [0.15, 0.2) is 0 Å². The molecule has 2 saturated carbocycles. The van der Waals surface area contributed by atoms with Crippen molar-refractivity contribution >= 4 is 0 Å². The normalized spacial score (nSPS) is 61.4. The maximum atomic E-state index is 5.92. The van der Waals surface area contributed by atoms with Crippen molar-refractivity contribution < 1.29 is 4.74 Å². The van der Waals surface area contributed by atoms with Gasteiger partial charge in [-0.2, -0.15) is 0 Å². The van der Waals surface area contributed by atoms with Gasteiger partial charge in [0.15, 0.2) is 0 Å². The van der Waals surface area contributed by atoms with Crippen LogP contribution in [0.5, 0.6) is 0 Å². The van der Waals surface area contributed by atoms with Crippen molar-refractivity contribution in [3.8, 4) is 0 Å². The predicted molar refractivity (Wildman–Crippen MR) is 80.2 cm³/mol. The summed E-state index contributed by atoms with van der Waals surface area (Å²) in [4.78, 5) is 2.95. The standard InChI is InChI=1S/C17H27N3O/c1-3-16(12(1)2-4-19-16)17(7-11-5-15(17)18-8-11)20-9-14-6-13(20)10-21-14/h11-15,18-19H,1-10H2/t11?,12-,13?,14?,15?,16?,17?/m1/s1. The number of morpholine rings is 1. The van der Waals surface area contributed by atoms with Crippen molar-refractivity contribution in [2.75, 3.05) is 26.2 Å². The average molecular weight is 289 g/mol. The van der Waals surface area contributed by atoms with Crippen molar-refractivity contribution in [2.45, 2.75) is 67.8 Å². The molecule has 7 atom stereocenters. The van der Waals surface area contributed by atoms with Crippen molar-refractivity contribution in [1.82, 2.24) is 15.5 Å². The summed E-state index contributed by atoms with van der Waals surface area (Å²) >= 11 is 0. The second-order valence-corrected chi connectivity index (χ2v) is 8.61. The highest BCUT2D eigenvalue weighted by Crippen LogP contribution is 2.61. The van der Waals surface area contributed by atoms with E-state index in [1.165, 1.54) is 58.2 Å². The Morgan fingerprint density at radius 3 is 2.76 bits per heavy atom. The molecule has 6 fully saturated rings. The molecule has 4 saturated heterocycles. The highest BCUT2D eigenvalue weighted by atomic mass is 16.5. The van der Waals surface area contributed by atoms with E-state index in [-0.39, 0.29) is 0 Å². The first-order valence-corrected chi connectivity index (χ1v) is 9.19. The van der Waals surface area contributed by atoms with E-state index in [0.29, 0.717) is 23.2 Å². The predicted octanol–water partition coefficient (Wildman–Crippen LogP) is 0.722. The van der Waals surface area contributed by atoms with Crippen molar-refractivity contribution in [3.63, 3.8) is 0 Å². The van der Waals surface area contributed by atoms with Crippen molar-refractivity contribution in [2.24, 2.45) is 11.8 Å². The van der Waals surface area contributed by atoms with Gasteiger partial charge in [-0.15, -0.1) is 0 Å². The van der Waals surface area contributed by atoms with Gasteiger partial charge in [0, 0.05) is 24.2 Å². The first kappa shape index (κ1) is 12.3. The van der Waals surface area contributed by atoms with E-state index < -0.39 is 0 Å². The zero-order valence-corrected chi connectivity index (χ0v) is 12.8. The molecule has 2 N–H and O–H groups in total. The lowest BCUT2D eigenvalue weighted by Gasteiger charge is -2.64. The van der Waals surface area contributed by atoms with Crippen LogP contribution in [-0.4, -0.2) is 60.4 Å². The SMILES string of the molecule is C1C[C@H]2CCC2(C2(N3CC4CC3CO4)CC3CNC2C3)N1. The number of nitrogens with one attached hydrogen (secondary N) is 2. The van der Waals surface area contributed by atoms with Crippen LogP contribution < -0.4 is 10.6 Å². The van der Waals surface area contributed by atoms with Gasteiger partial charge in [-0.05, 0) is 63.5 Å². The summed E-state index contributed by atoms with van der Waals surface area (Å²) in [6.07, 6.45) is 8.98. The summed E-state index contributed by atoms with van der Waals surface area (Å²) in [5, 5.41) is 7.97. The van der Waals surface area contributed by atoms with Gasteiger partial charge in [0.05, 0.1) is 18.2 Å². The largest absolute Gasteiger partial charge is 0.375 e. The Kier molecular flexibility index (Phi) is 2.24. The summed E-state index contributed by atoms with van der Waals surface area (Å²) < 4.78 is 5.92. The molecule has 4 aliphatic heterocycles. The number of hydrogen-bond donors (Lipinski definition) is 2. The Morgan fingerprint density at radius 2 is 2.19 bits per heavy atom. The first-order valence-electron chi connectivity index (χ1n) is 9.19. The Hall–Kier alpha value is -0.160. The van der Waals surface area contributed by atoms with Crippen LogP contribution in [0.1, 0.15) is 38.5 Å². The van der Waals surface area contributed by atoms with E-state index in [4.69, 9.17) is 4.74 Å². The maximum absolute atomic E-state index is 5.92. The zero-order valence-electron chi connectivity index (χ0n) is 12.8. The van der Waals surface area contributed by atoms with Gasteiger partial charge in [-0.25, -0.2) is 0 Å². The maximum Gasteiger partial charge on any atom is 0.0718 e. The second-order valence-electron chi connectivity index (χ2n) is 8.61. The number of ether oxygens (including phenoxy) is 1. The van der Waals surface area contributed by atoms with E-state index in [1.54, 1.807) is 0 Å². The number of likely N-dealkylation sites (tertiary alicyclic amines) is 1. The van der Waals surface area contributed by atoms with Crippen LogP contribution in [0, 0.1) is 11.8 Å². The van der Waals surface area contributed by atoms with Gasteiger partial charge < -0.3 is 15.4 Å². The molecule has 4 heteroatoms. The molecule has 0 aromatic heterocycles. The minimum absolute atomic E-state index is 0.401. The summed E-state index contributed by atoms with van der Waals surface area (Å²) in [7, 11) is 0. The molecule has 6 aliphatic rings. The monoisotopic (exact) mass is 289 g/mol. The van der Waals surface area contributed by atoms with Gasteiger partial charge in [-0.3, -0.25) is 4.90 Å². The molecule has 2 aliphatic carbocycles. The Labute approximate surface area is 127 Å². The van der Waals surface area contributed by atoms with Crippen LogP contribution in [0.2, 0.25) is 0 Å². The molecule has 0 amide bonds. The summed E-state index contributed by atoms with van der Waals surface area (Å²) in [6, 6.07) is 1.43. The van der Waals surface area contributed by atoms with Gasteiger partial charge in [0.1, 0.15) is 0 Å². The Bertz CT molecular complexity index is 485. The minimum Gasteiger partial charge on any atom is -0.375 e. The minimum atomic E-state index is 0.401. The molecule has 116 valence electrons. The van der Waals surface area contributed by atoms with Crippen LogP contribution in [-0.2, 0) is 4.74 Å². The van der Waals surface area contributed by atoms with Gasteiger partial charge in [0.25, 0.3) is 0 Å². The zero-order chi connectivity index (χ0) is 13.7. The third-order valence-electron chi connectivity index (χ3n) is 8.10. The molecule has 6 unspecified atom stereocenters. The van der Waals surface area contributed by atoms with Gasteiger partial charge in [0.2, 0.25) is 0 Å². The van der Waals surface area contributed by atoms with Gasteiger partial charge in [-0.1, -0.05) is 0 Å². The molecule has 0 spiro atoms. The molecule has 0 radical (unpaired) electrons. The lowest BCUT2D eigenvalue weighted by atomic mass is 9.54. The van der Waals surface area contributed by atoms with Crippen molar-refractivity contribution in [3.05, 3.63) is 0 Å². The lowest BCUT2D eigenvalue weighted by molar-refractivity contribution is -0.117. The van der Waals surface area contributed by atoms with E-state index in [0.717, 1.165) is 24.5 Å². The number of hydrogen-bond acceptors (Lipinski definition) is 4. The van der Waals surface area contributed by atoms with Crippen LogP contribution in [0.25, 0.3) is 0 Å². The average Bonchev–Trinajstić information content (AvgIpc) is 3.25. The Balaban J connectivity index is 1.47. The number of nitrogens with zero attached hydrogens (tertiary/aromatic N) is 1. The summed E-state index contributed by atoms with van der Waals surface area (Å²) in [5.74, 6) is 1.87. The van der Waals surface area contributed by atoms with E-state index in [2.05, 4.69) is 15.5 Å². The van der Waals surface area contributed by atoms with E-state index in [9.17, 15) is 0 Å². The number of fused-ring (bicyclic) bond motifs is 5. The molecule has 21 heavy (non-hydrogen) atoms. The molecule has 0 aromatic rings.